The molecule has 2 aromatic carbocycles. The average molecular weight is 436 g/mol. The van der Waals surface area contributed by atoms with Crippen LogP contribution in [0.4, 0.5) is 0 Å². The highest BCUT2D eigenvalue weighted by atomic mass is 79.9. The number of nitrogens with one attached hydrogen (secondary N) is 1. The van der Waals surface area contributed by atoms with Crippen LogP contribution in [0.3, 0.4) is 0 Å². The van der Waals surface area contributed by atoms with Crippen LogP contribution >= 0.6 is 15.9 Å². The van der Waals surface area contributed by atoms with Crippen molar-refractivity contribution in [1.82, 2.24) is 5.32 Å². The predicted molar refractivity (Wildman–Crippen MR) is 105 cm³/mol. The summed E-state index contributed by atoms with van der Waals surface area (Å²) in [5.41, 5.74) is 1.36. The number of rotatable bonds is 8. The molecule has 0 unspecified atom stereocenters. The summed E-state index contributed by atoms with van der Waals surface area (Å²) in [5.74, 6) is 0.00406. The summed E-state index contributed by atoms with van der Waals surface area (Å²) < 4.78 is 16.5. The van der Waals surface area contributed by atoms with Crippen molar-refractivity contribution in [3.8, 4) is 11.5 Å². The molecule has 2 rings (SSSR count). The Morgan fingerprint density at radius 1 is 1.07 bits per heavy atom. The molecule has 0 spiro atoms. The van der Waals surface area contributed by atoms with Crippen LogP contribution in [0.25, 0.3) is 0 Å². The van der Waals surface area contributed by atoms with Crippen LogP contribution < -0.4 is 14.8 Å². The molecule has 1 atom stereocenters. The number of amides is 1. The highest BCUT2D eigenvalue weighted by Crippen LogP contribution is 2.28. The van der Waals surface area contributed by atoms with Crippen molar-refractivity contribution in [3.05, 3.63) is 58.1 Å². The lowest BCUT2D eigenvalue weighted by Crippen LogP contribution is -2.32. The van der Waals surface area contributed by atoms with Crippen molar-refractivity contribution in [2.24, 2.45) is 0 Å². The number of methoxy groups -OCH3 is 2. The maximum atomic E-state index is 12.3. The van der Waals surface area contributed by atoms with E-state index in [-0.39, 0.29) is 18.6 Å². The van der Waals surface area contributed by atoms with Crippen LogP contribution in [-0.2, 0) is 9.53 Å². The number of esters is 1. The van der Waals surface area contributed by atoms with Crippen LogP contribution in [-0.4, -0.2) is 32.7 Å². The SMILES string of the molecule is CC[C@@H](NC(=O)COc1ccc(C(=O)OC)cc1OC)c1ccc(Br)cc1. The zero-order valence-corrected chi connectivity index (χ0v) is 17.0. The van der Waals surface area contributed by atoms with Crippen LogP contribution in [0.5, 0.6) is 11.5 Å². The first-order chi connectivity index (χ1) is 13.0. The Kier molecular flexibility index (Phi) is 7.67. The molecule has 0 radical (unpaired) electrons. The van der Waals surface area contributed by atoms with Crippen LogP contribution in [0, 0.1) is 0 Å². The van der Waals surface area contributed by atoms with E-state index in [1.165, 1.54) is 20.3 Å². The zero-order chi connectivity index (χ0) is 19.8. The molecule has 0 aliphatic rings. The monoisotopic (exact) mass is 435 g/mol. The molecule has 27 heavy (non-hydrogen) atoms. The molecule has 0 aliphatic heterocycles. The number of halogens is 1. The lowest BCUT2D eigenvalue weighted by atomic mass is 10.0. The first kappa shape index (κ1) is 20.8. The van der Waals surface area contributed by atoms with Crippen LogP contribution in [0.2, 0.25) is 0 Å². The first-order valence-corrected chi connectivity index (χ1v) is 9.21. The van der Waals surface area contributed by atoms with Crippen molar-refractivity contribution in [1.29, 1.82) is 0 Å². The molecule has 144 valence electrons. The Morgan fingerprint density at radius 2 is 1.78 bits per heavy atom. The van der Waals surface area contributed by atoms with E-state index >= 15 is 0 Å². The normalized spacial score (nSPS) is 11.4. The molecular weight excluding hydrogens is 414 g/mol. The molecule has 1 N–H and O–H groups in total. The lowest BCUT2D eigenvalue weighted by molar-refractivity contribution is -0.123. The third-order valence-electron chi connectivity index (χ3n) is 3.96. The second-order valence-electron chi connectivity index (χ2n) is 5.73. The van der Waals surface area contributed by atoms with Crippen molar-refractivity contribution >= 4 is 27.8 Å². The van der Waals surface area contributed by atoms with Crippen molar-refractivity contribution in [3.63, 3.8) is 0 Å². The van der Waals surface area contributed by atoms with E-state index in [2.05, 4.69) is 26.0 Å². The molecule has 0 fully saturated rings. The number of carbonyl (C=O) groups excluding carboxylic acids is 2. The topological polar surface area (TPSA) is 73.9 Å². The molecule has 0 bridgehead atoms. The minimum Gasteiger partial charge on any atom is -0.493 e. The van der Waals surface area contributed by atoms with E-state index in [1.54, 1.807) is 12.1 Å². The molecule has 0 saturated heterocycles. The fourth-order valence-electron chi connectivity index (χ4n) is 2.53. The number of benzene rings is 2. The van der Waals surface area contributed by atoms with E-state index in [0.717, 1.165) is 16.5 Å². The van der Waals surface area contributed by atoms with Gasteiger partial charge in [0.1, 0.15) is 0 Å². The molecule has 0 heterocycles. The van der Waals surface area contributed by atoms with Crippen molar-refractivity contribution in [2.45, 2.75) is 19.4 Å². The van der Waals surface area contributed by atoms with E-state index in [0.29, 0.717) is 17.1 Å². The number of carbonyl (C=O) groups is 2. The Hall–Kier alpha value is -2.54. The fourth-order valence-corrected chi connectivity index (χ4v) is 2.79. The minimum atomic E-state index is -0.474. The molecule has 0 aliphatic carbocycles. The highest BCUT2D eigenvalue weighted by molar-refractivity contribution is 9.10. The van der Waals surface area contributed by atoms with Gasteiger partial charge in [-0.3, -0.25) is 4.79 Å². The summed E-state index contributed by atoms with van der Waals surface area (Å²) in [5, 5.41) is 2.95. The summed E-state index contributed by atoms with van der Waals surface area (Å²) in [6.45, 7) is 1.84. The number of hydrogen-bond donors (Lipinski definition) is 1. The highest BCUT2D eigenvalue weighted by Gasteiger charge is 2.15. The third-order valence-corrected chi connectivity index (χ3v) is 4.49. The molecule has 0 aromatic heterocycles. The van der Waals surface area contributed by atoms with Gasteiger partial charge in [-0.2, -0.15) is 0 Å². The van der Waals surface area contributed by atoms with E-state index < -0.39 is 5.97 Å². The maximum Gasteiger partial charge on any atom is 0.337 e. The van der Waals surface area contributed by atoms with Gasteiger partial charge in [-0.1, -0.05) is 35.0 Å². The van der Waals surface area contributed by atoms with E-state index in [9.17, 15) is 9.59 Å². The number of hydrogen-bond acceptors (Lipinski definition) is 5. The van der Waals surface area contributed by atoms with Crippen molar-refractivity contribution in [2.75, 3.05) is 20.8 Å². The Balaban J connectivity index is 2.00. The first-order valence-electron chi connectivity index (χ1n) is 8.42. The predicted octanol–water partition coefficient (Wildman–Crippen LogP) is 3.89. The quantitative estimate of drug-likeness (QED) is 0.636. The summed E-state index contributed by atoms with van der Waals surface area (Å²) in [6, 6.07) is 12.3. The summed E-state index contributed by atoms with van der Waals surface area (Å²) in [6.07, 6.45) is 0.754. The van der Waals surface area contributed by atoms with E-state index in [4.69, 9.17) is 9.47 Å². The minimum absolute atomic E-state index is 0.0993. The Labute approximate surface area is 166 Å². The standard InChI is InChI=1S/C20H22BrNO5/c1-4-16(13-5-8-15(21)9-6-13)22-19(23)12-27-17-10-7-14(20(24)26-3)11-18(17)25-2/h5-11,16H,4,12H2,1-3H3,(H,22,23)/t16-/m1/s1. The van der Waals surface area contributed by atoms with Gasteiger partial charge in [-0.05, 0) is 42.3 Å². The third kappa shape index (κ3) is 5.72. The summed E-state index contributed by atoms with van der Waals surface area (Å²) >= 11 is 3.40. The van der Waals surface area contributed by atoms with Gasteiger partial charge in [0, 0.05) is 4.47 Å². The van der Waals surface area contributed by atoms with Gasteiger partial charge in [-0.15, -0.1) is 0 Å². The Morgan fingerprint density at radius 3 is 2.37 bits per heavy atom. The molecular formula is C20H22BrNO5. The van der Waals surface area contributed by atoms with Gasteiger partial charge >= 0.3 is 5.97 Å². The van der Waals surface area contributed by atoms with Gasteiger partial charge in [0.25, 0.3) is 5.91 Å². The van der Waals surface area contributed by atoms with Crippen molar-refractivity contribution < 1.29 is 23.8 Å². The molecule has 1 amide bonds. The second kappa shape index (κ2) is 9.97. The molecule has 6 nitrogen and oxygen atoms in total. The van der Waals surface area contributed by atoms with Gasteiger partial charge < -0.3 is 19.5 Å². The largest absolute Gasteiger partial charge is 0.493 e. The Bertz CT molecular complexity index is 791. The summed E-state index contributed by atoms with van der Waals surface area (Å²) in [7, 11) is 2.77. The van der Waals surface area contributed by atoms with E-state index in [1.807, 2.05) is 31.2 Å². The van der Waals surface area contributed by atoms with Gasteiger partial charge in [0.05, 0.1) is 25.8 Å². The molecule has 0 saturated carbocycles. The van der Waals surface area contributed by atoms with Gasteiger partial charge in [-0.25, -0.2) is 4.79 Å². The van der Waals surface area contributed by atoms with Crippen LogP contribution in [0.1, 0.15) is 35.3 Å². The van der Waals surface area contributed by atoms with Gasteiger partial charge in [0.2, 0.25) is 0 Å². The van der Waals surface area contributed by atoms with Gasteiger partial charge in [0.15, 0.2) is 18.1 Å². The summed E-state index contributed by atoms with van der Waals surface area (Å²) in [4.78, 5) is 23.9. The maximum absolute atomic E-state index is 12.3. The second-order valence-corrected chi connectivity index (χ2v) is 6.64. The lowest BCUT2D eigenvalue weighted by Gasteiger charge is -2.18. The fraction of sp³-hybridized carbons (Fsp3) is 0.300. The smallest absolute Gasteiger partial charge is 0.337 e. The average Bonchev–Trinajstić information content (AvgIpc) is 2.70. The van der Waals surface area contributed by atoms with Crippen LogP contribution in [0.15, 0.2) is 46.9 Å². The number of ether oxygens (including phenoxy) is 3. The molecule has 2 aromatic rings. The molecule has 7 heteroatoms. The zero-order valence-electron chi connectivity index (χ0n) is 15.5.